The molecule has 0 spiro atoms. The van der Waals surface area contributed by atoms with E-state index < -0.39 is 4.92 Å². The van der Waals surface area contributed by atoms with E-state index >= 15 is 0 Å². The summed E-state index contributed by atoms with van der Waals surface area (Å²) in [6.45, 7) is 0. The second kappa shape index (κ2) is 7.11. The molecular weight excluding hydrogens is 335 g/mol. The van der Waals surface area contributed by atoms with E-state index in [2.05, 4.69) is 10.2 Å². The molecule has 0 N–H and O–H groups in total. The molecule has 2 rings (SSSR count). The largest absolute Gasteiger partial charge is 0.305 e. The van der Waals surface area contributed by atoms with Crippen molar-refractivity contribution < 1.29 is 4.92 Å². The lowest BCUT2D eigenvalue weighted by Crippen LogP contribution is -1.97. The Morgan fingerprint density at radius 1 is 1.43 bits per heavy atom. The Kier molecular flexibility index (Phi) is 5.44. The number of halogens is 2. The summed E-state index contributed by atoms with van der Waals surface area (Å²) in [5, 5.41) is 20.0. The highest BCUT2D eigenvalue weighted by molar-refractivity contribution is 7.99. The highest BCUT2D eigenvalue weighted by Crippen LogP contribution is 2.30. The number of hydrogen-bond donors (Lipinski definition) is 0. The van der Waals surface area contributed by atoms with Gasteiger partial charge >= 0.3 is 0 Å². The molecule has 0 atom stereocenters. The predicted octanol–water partition coefficient (Wildman–Crippen LogP) is 3.76. The van der Waals surface area contributed by atoms with E-state index in [1.165, 1.54) is 12.1 Å². The number of rotatable bonds is 6. The van der Waals surface area contributed by atoms with Crippen LogP contribution in [-0.4, -0.2) is 31.3 Å². The Labute approximate surface area is 135 Å². The Bertz CT molecular complexity index is 663. The van der Waals surface area contributed by atoms with Crippen molar-refractivity contribution in [1.29, 1.82) is 0 Å². The standard InChI is InChI=1S/C12H12Cl2N4O2S/c1-17-11(15-16-12(17)21-6-2-5-13)8-3-4-9(14)10(7-8)18(19)20/h3-4,7H,2,5-6H2,1H3. The topological polar surface area (TPSA) is 73.8 Å². The van der Waals surface area contributed by atoms with Crippen LogP contribution in [0.15, 0.2) is 23.4 Å². The fourth-order valence-corrected chi connectivity index (χ4v) is 3.03. The quantitative estimate of drug-likeness (QED) is 0.261. The lowest BCUT2D eigenvalue weighted by Gasteiger charge is -2.04. The maximum atomic E-state index is 10.9. The van der Waals surface area contributed by atoms with Crippen molar-refractivity contribution in [3.05, 3.63) is 33.3 Å². The summed E-state index contributed by atoms with van der Waals surface area (Å²) < 4.78 is 1.80. The second-order valence-electron chi connectivity index (χ2n) is 4.18. The molecule has 6 nitrogen and oxygen atoms in total. The third-order valence-electron chi connectivity index (χ3n) is 2.75. The first-order valence-electron chi connectivity index (χ1n) is 6.07. The molecule has 0 saturated heterocycles. The summed E-state index contributed by atoms with van der Waals surface area (Å²) in [5.74, 6) is 2.00. The van der Waals surface area contributed by atoms with E-state index in [4.69, 9.17) is 23.2 Å². The van der Waals surface area contributed by atoms with E-state index in [1.54, 1.807) is 22.4 Å². The van der Waals surface area contributed by atoms with Gasteiger partial charge in [-0.3, -0.25) is 10.1 Å². The molecular formula is C12H12Cl2N4O2S. The molecule has 0 aliphatic rings. The third kappa shape index (κ3) is 3.66. The molecule has 1 aromatic heterocycles. The lowest BCUT2D eigenvalue weighted by molar-refractivity contribution is -0.384. The highest BCUT2D eigenvalue weighted by atomic mass is 35.5. The van der Waals surface area contributed by atoms with Gasteiger partial charge in [0.1, 0.15) is 5.02 Å². The summed E-state index contributed by atoms with van der Waals surface area (Å²) in [5.41, 5.74) is 0.457. The maximum Gasteiger partial charge on any atom is 0.288 e. The monoisotopic (exact) mass is 346 g/mol. The number of aromatic nitrogens is 3. The van der Waals surface area contributed by atoms with Crippen molar-refractivity contribution in [2.24, 2.45) is 7.05 Å². The van der Waals surface area contributed by atoms with Crippen LogP contribution in [-0.2, 0) is 7.05 Å². The zero-order valence-corrected chi connectivity index (χ0v) is 13.5. The van der Waals surface area contributed by atoms with Gasteiger partial charge in [-0.05, 0) is 18.6 Å². The fraction of sp³-hybridized carbons (Fsp3) is 0.333. The van der Waals surface area contributed by atoms with E-state index in [1.807, 2.05) is 7.05 Å². The van der Waals surface area contributed by atoms with Gasteiger partial charge in [-0.25, -0.2) is 0 Å². The Hall–Kier alpha value is -1.31. The summed E-state index contributed by atoms with van der Waals surface area (Å²) in [6, 6.07) is 4.58. The van der Waals surface area contributed by atoms with Crippen molar-refractivity contribution in [2.45, 2.75) is 11.6 Å². The Morgan fingerprint density at radius 2 is 2.19 bits per heavy atom. The van der Waals surface area contributed by atoms with Gasteiger partial charge in [0, 0.05) is 30.3 Å². The van der Waals surface area contributed by atoms with Crippen LogP contribution >= 0.6 is 35.0 Å². The Balaban J connectivity index is 2.30. The minimum atomic E-state index is -0.516. The molecule has 21 heavy (non-hydrogen) atoms. The van der Waals surface area contributed by atoms with Gasteiger partial charge in [0.25, 0.3) is 5.69 Å². The van der Waals surface area contributed by atoms with Crippen LogP contribution in [0.5, 0.6) is 0 Å². The average Bonchev–Trinajstić information content (AvgIpc) is 2.81. The molecule has 1 heterocycles. The minimum absolute atomic E-state index is 0.0997. The first-order valence-corrected chi connectivity index (χ1v) is 7.97. The van der Waals surface area contributed by atoms with Gasteiger partial charge in [-0.2, -0.15) is 0 Å². The van der Waals surface area contributed by atoms with Crippen LogP contribution in [0.1, 0.15) is 6.42 Å². The van der Waals surface area contributed by atoms with Gasteiger partial charge in [0.05, 0.1) is 4.92 Å². The van der Waals surface area contributed by atoms with Crippen molar-refractivity contribution in [3.63, 3.8) is 0 Å². The zero-order chi connectivity index (χ0) is 15.4. The van der Waals surface area contributed by atoms with Gasteiger partial charge in [0.2, 0.25) is 0 Å². The van der Waals surface area contributed by atoms with Crippen LogP contribution in [0.25, 0.3) is 11.4 Å². The van der Waals surface area contributed by atoms with E-state index in [-0.39, 0.29) is 10.7 Å². The second-order valence-corrected chi connectivity index (χ2v) is 6.03. The summed E-state index contributed by atoms with van der Waals surface area (Å²) >= 11 is 13.0. The van der Waals surface area contributed by atoms with Gasteiger partial charge < -0.3 is 4.57 Å². The van der Waals surface area contributed by atoms with Gasteiger partial charge in [-0.1, -0.05) is 23.4 Å². The first kappa shape index (κ1) is 16.1. The summed E-state index contributed by atoms with van der Waals surface area (Å²) in [4.78, 5) is 10.4. The van der Waals surface area contributed by atoms with Crippen LogP contribution in [0, 0.1) is 10.1 Å². The normalized spacial score (nSPS) is 10.8. The summed E-state index contributed by atoms with van der Waals surface area (Å²) in [6.07, 6.45) is 0.876. The number of benzene rings is 1. The molecule has 0 radical (unpaired) electrons. The van der Waals surface area contributed by atoms with Crippen molar-refractivity contribution >= 4 is 40.7 Å². The minimum Gasteiger partial charge on any atom is -0.305 e. The van der Waals surface area contributed by atoms with Crippen molar-refractivity contribution in [2.75, 3.05) is 11.6 Å². The SMILES string of the molecule is Cn1c(SCCCCl)nnc1-c1ccc(Cl)c([N+](=O)[O-])c1. The number of nitrogens with zero attached hydrogens (tertiary/aromatic N) is 4. The smallest absolute Gasteiger partial charge is 0.288 e. The van der Waals surface area contributed by atoms with Gasteiger partial charge in [-0.15, -0.1) is 21.8 Å². The molecule has 0 bridgehead atoms. The van der Waals surface area contributed by atoms with Crippen molar-refractivity contribution in [3.8, 4) is 11.4 Å². The maximum absolute atomic E-state index is 10.9. The number of alkyl halides is 1. The van der Waals surface area contributed by atoms with Crippen LogP contribution in [0.4, 0.5) is 5.69 Å². The van der Waals surface area contributed by atoms with E-state index in [0.717, 1.165) is 17.3 Å². The number of nitro benzene ring substituents is 1. The molecule has 9 heteroatoms. The molecule has 0 fully saturated rings. The molecule has 2 aromatic rings. The average molecular weight is 347 g/mol. The number of nitro groups is 1. The molecule has 0 saturated carbocycles. The van der Waals surface area contributed by atoms with Crippen LogP contribution in [0.3, 0.4) is 0 Å². The van der Waals surface area contributed by atoms with Gasteiger partial charge in [0.15, 0.2) is 11.0 Å². The molecule has 0 aliphatic heterocycles. The van der Waals surface area contributed by atoms with Crippen LogP contribution in [0.2, 0.25) is 5.02 Å². The first-order chi connectivity index (χ1) is 10.0. The summed E-state index contributed by atoms with van der Waals surface area (Å²) in [7, 11) is 1.82. The zero-order valence-electron chi connectivity index (χ0n) is 11.1. The third-order valence-corrected chi connectivity index (χ3v) is 4.44. The highest BCUT2D eigenvalue weighted by Gasteiger charge is 2.17. The Morgan fingerprint density at radius 3 is 2.86 bits per heavy atom. The van der Waals surface area contributed by atoms with E-state index in [9.17, 15) is 10.1 Å². The molecule has 0 unspecified atom stereocenters. The number of hydrogen-bond acceptors (Lipinski definition) is 5. The lowest BCUT2D eigenvalue weighted by atomic mass is 10.2. The van der Waals surface area contributed by atoms with E-state index in [0.29, 0.717) is 17.3 Å². The molecule has 0 amide bonds. The molecule has 0 aliphatic carbocycles. The predicted molar refractivity (Wildman–Crippen MR) is 84.2 cm³/mol. The van der Waals surface area contributed by atoms with Crippen molar-refractivity contribution in [1.82, 2.24) is 14.8 Å². The number of thioether (sulfide) groups is 1. The van der Waals surface area contributed by atoms with Crippen LogP contribution < -0.4 is 0 Å². The fourth-order valence-electron chi connectivity index (χ4n) is 1.70. The molecule has 112 valence electrons. The molecule has 1 aromatic carbocycles.